The Morgan fingerprint density at radius 3 is 1.71 bits per heavy atom. The molecule has 2 aliphatic rings. The first-order chi connectivity index (χ1) is 13.6. The Morgan fingerprint density at radius 2 is 1.21 bits per heavy atom. The lowest BCUT2D eigenvalue weighted by molar-refractivity contribution is 0.225. The van der Waals surface area contributed by atoms with Gasteiger partial charge in [0.2, 0.25) is 0 Å². The largest absolute Gasteiger partial charge is 0.204 e. The molecule has 0 aromatic heterocycles. The molecule has 0 bridgehead atoms. The summed E-state index contributed by atoms with van der Waals surface area (Å²) < 4.78 is 40.2. The van der Waals surface area contributed by atoms with Crippen molar-refractivity contribution >= 4 is 0 Å². The zero-order valence-electron chi connectivity index (χ0n) is 17.2. The smallest absolute Gasteiger partial charge is 0.194 e. The van der Waals surface area contributed by atoms with Gasteiger partial charge in [-0.3, -0.25) is 0 Å². The number of halogens is 3. The molecule has 0 atom stereocenters. The quantitative estimate of drug-likeness (QED) is 0.323. The van der Waals surface area contributed by atoms with Crippen LogP contribution in [0.25, 0.3) is 0 Å². The Labute approximate surface area is 168 Å². The van der Waals surface area contributed by atoms with Gasteiger partial charge in [0, 0.05) is 0 Å². The number of allylic oxidation sites excluding steroid dienone is 2. The zero-order valence-corrected chi connectivity index (χ0v) is 17.2. The van der Waals surface area contributed by atoms with Gasteiger partial charge in [-0.25, -0.2) is 13.2 Å². The van der Waals surface area contributed by atoms with Crippen LogP contribution in [0.1, 0.15) is 95.5 Å². The van der Waals surface area contributed by atoms with Crippen LogP contribution >= 0.6 is 0 Å². The van der Waals surface area contributed by atoms with Gasteiger partial charge in [0.1, 0.15) is 0 Å². The molecule has 0 nitrogen and oxygen atoms in total. The predicted molar refractivity (Wildman–Crippen MR) is 110 cm³/mol. The topological polar surface area (TPSA) is 0 Å². The van der Waals surface area contributed by atoms with Crippen molar-refractivity contribution in [3.05, 3.63) is 47.3 Å². The first kappa shape index (κ1) is 21.5. The van der Waals surface area contributed by atoms with Crippen LogP contribution in [0.4, 0.5) is 13.2 Å². The molecule has 0 amide bonds. The highest BCUT2D eigenvalue weighted by molar-refractivity contribution is 5.23. The van der Waals surface area contributed by atoms with Gasteiger partial charge in [-0.1, -0.05) is 50.7 Å². The van der Waals surface area contributed by atoms with E-state index in [1.807, 2.05) is 0 Å². The highest BCUT2D eigenvalue weighted by atomic mass is 19.2. The second kappa shape index (κ2) is 10.5. The molecule has 2 saturated carbocycles. The van der Waals surface area contributed by atoms with Crippen molar-refractivity contribution in [2.75, 3.05) is 0 Å². The van der Waals surface area contributed by atoms with Crippen LogP contribution in [-0.2, 0) is 0 Å². The summed E-state index contributed by atoms with van der Waals surface area (Å²) in [5.74, 6) is -0.714. The zero-order chi connectivity index (χ0) is 19.9. The van der Waals surface area contributed by atoms with Gasteiger partial charge in [0.05, 0.1) is 0 Å². The lowest BCUT2D eigenvalue weighted by Gasteiger charge is -2.32. The Balaban J connectivity index is 1.36. The van der Waals surface area contributed by atoms with E-state index in [1.54, 1.807) is 0 Å². The maximum atomic E-state index is 13.5. The standard InChI is InChI=1S/C25H35F3/c1-2-3-4-5-18-6-8-19(9-7-18)10-11-20-12-14-21(15-13-20)22-16-23(26)25(28)24(27)17-22/h2-3,16-21H,4-15H2,1H3/b3-2+. The van der Waals surface area contributed by atoms with Crippen molar-refractivity contribution in [3.63, 3.8) is 0 Å². The third-order valence-corrected chi connectivity index (χ3v) is 7.25. The van der Waals surface area contributed by atoms with Crippen molar-refractivity contribution in [3.8, 4) is 0 Å². The van der Waals surface area contributed by atoms with Crippen LogP contribution < -0.4 is 0 Å². The molecule has 3 rings (SSSR count). The summed E-state index contributed by atoms with van der Waals surface area (Å²) in [7, 11) is 0. The first-order valence-corrected chi connectivity index (χ1v) is 11.3. The van der Waals surface area contributed by atoms with E-state index in [0.717, 1.165) is 43.4 Å². The second-order valence-corrected chi connectivity index (χ2v) is 9.13. The molecule has 0 saturated heterocycles. The summed E-state index contributed by atoms with van der Waals surface area (Å²) in [6.07, 6.45) is 19.4. The van der Waals surface area contributed by atoms with Gasteiger partial charge in [-0.2, -0.15) is 0 Å². The van der Waals surface area contributed by atoms with Gasteiger partial charge in [-0.15, -0.1) is 0 Å². The van der Waals surface area contributed by atoms with Crippen LogP contribution in [0.5, 0.6) is 0 Å². The lowest BCUT2D eigenvalue weighted by atomic mass is 9.74. The summed E-state index contributed by atoms with van der Waals surface area (Å²) >= 11 is 0. The van der Waals surface area contributed by atoms with Crippen LogP contribution in [0, 0.1) is 35.2 Å². The molecular weight excluding hydrogens is 357 g/mol. The maximum absolute atomic E-state index is 13.5. The van der Waals surface area contributed by atoms with E-state index in [1.165, 1.54) is 63.5 Å². The van der Waals surface area contributed by atoms with Crippen LogP contribution in [0.2, 0.25) is 0 Å². The average molecular weight is 393 g/mol. The fraction of sp³-hybridized carbons (Fsp3) is 0.680. The minimum atomic E-state index is -1.35. The third-order valence-electron chi connectivity index (χ3n) is 7.25. The number of hydrogen-bond donors (Lipinski definition) is 0. The highest BCUT2D eigenvalue weighted by Gasteiger charge is 2.26. The van der Waals surface area contributed by atoms with Crippen molar-refractivity contribution in [2.24, 2.45) is 17.8 Å². The fourth-order valence-corrected chi connectivity index (χ4v) is 5.37. The monoisotopic (exact) mass is 392 g/mol. The molecule has 1 aromatic carbocycles. The highest BCUT2D eigenvalue weighted by Crippen LogP contribution is 2.40. The molecule has 0 heterocycles. The molecule has 2 aliphatic carbocycles. The van der Waals surface area contributed by atoms with Crippen molar-refractivity contribution < 1.29 is 13.2 Å². The second-order valence-electron chi connectivity index (χ2n) is 9.13. The van der Waals surface area contributed by atoms with Gasteiger partial charge >= 0.3 is 0 Å². The average Bonchev–Trinajstić information content (AvgIpc) is 2.71. The molecule has 2 fully saturated rings. The molecule has 0 unspecified atom stereocenters. The van der Waals surface area contributed by atoms with E-state index in [0.29, 0.717) is 5.56 Å². The third kappa shape index (κ3) is 5.87. The SMILES string of the molecule is C/C=C/CCC1CCC(CCC2CCC(c3cc(F)c(F)c(F)c3)CC2)CC1. The van der Waals surface area contributed by atoms with Crippen LogP contribution in [0.3, 0.4) is 0 Å². The molecule has 1 aromatic rings. The van der Waals surface area contributed by atoms with E-state index >= 15 is 0 Å². The van der Waals surface area contributed by atoms with E-state index in [-0.39, 0.29) is 5.92 Å². The molecule has 0 aliphatic heterocycles. The Kier molecular flexibility index (Phi) is 8.05. The van der Waals surface area contributed by atoms with Gasteiger partial charge < -0.3 is 0 Å². The summed E-state index contributed by atoms with van der Waals surface area (Å²) in [6.45, 7) is 2.10. The minimum Gasteiger partial charge on any atom is -0.204 e. The molecular formula is C25H35F3. The van der Waals surface area contributed by atoms with Crippen molar-refractivity contribution in [2.45, 2.75) is 89.9 Å². The number of hydrogen-bond acceptors (Lipinski definition) is 0. The Bertz CT molecular complexity index is 612. The van der Waals surface area contributed by atoms with E-state index in [2.05, 4.69) is 19.1 Å². The fourth-order valence-electron chi connectivity index (χ4n) is 5.37. The first-order valence-electron chi connectivity index (χ1n) is 11.3. The van der Waals surface area contributed by atoms with Gasteiger partial charge in [0.15, 0.2) is 17.5 Å². The van der Waals surface area contributed by atoms with E-state index in [9.17, 15) is 13.2 Å². The summed E-state index contributed by atoms with van der Waals surface area (Å²) in [5.41, 5.74) is 0.631. The lowest BCUT2D eigenvalue weighted by Crippen LogP contribution is -2.18. The van der Waals surface area contributed by atoms with Crippen molar-refractivity contribution in [1.82, 2.24) is 0 Å². The summed E-state index contributed by atoms with van der Waals surface area (Å²) in [5, 5.41) is 0. The molecule has 0 radical (unpaired) electrons. The van der Waals surface area contributed by atoms with E-state index in [4.69, 9.17) is 0 Å². The predicted octanol–water partition coefficient (Wildman–Crippen LogP) is 8.32. The molecule has 0 N–H and O–H groups in total. The maximum Gasteiger partial charge on any atom is 0.194 e. The Hall–Kier alpha value is -1.25. The number of rotatable bonds is 7. The molecule has 0 spiro atoms. The normalized spacial score (nSPS) is 28.7. The Morgan fingerprint density at radius 1 is 0.750 bits per heavy atom. The van der Waals surface area contributed by atoms with E-state index < -0.39 is 17.5 Å². The van der Waals surface area contributed by atoms with Crippen molar-refractivity contribution in [1.29, 1.82) is 0 Å². The van der Waals surface area contributed by atoms with Crippen LogP contribution in [-0.4, -0.2) is 0 Å². The van der Waals surface area contributed by atoms with Gasteiger partial charge in [0.25, 0.3) is 0 Å². The molecule has 156 valence electrons. The van der Waals surface area contributed by atoms with Gasteiger partial charge in [-0.05, 0) is 86.8 Å². The molecule has 28 heavy (non-hydrogen) atoms. The summed E-state index contributed by atoms with van der Waals surface area (Å²) in [4.78, 5) is 0. The van der Waals surface area contributed by atoms with Crippen LogP contribution in [0.15, 0.2) is 24.3 Å². The number of benzene rings is 1. The molecule has 3 heteroatoms. The summed E-state index contributed by atoms with van der Waals surface area (Å²) in [6, 6.07) is 2.39. The minimum absolute atomic E-state index is 0.174.